The van der Waals surface area contributed by atoms with Gasteiger partial charge in [0.2, 0.25) is 5.91 Å². The highest BCUT2D eigenvalue weighted by molar-refractivity contribution is 5.98. The van der Waals surface area contributed by atoms with E-state index in [9.17, 15) is 9.59 Å². The summed E-state index contributed by atoms with van der Waals surface area (Å²) in [6.45, 7) is 7.56. The van der Waals surface area contributed by atoms with Gasteiger partial charge in [0.15, 0.2) is 0 Å². The summed E-state index contributed by atoms with van der Waals surface area (Å²) in [5.74, 6) is 0.0701. The minimum absolute atomic E-state index is 0.0940. The van der Waals surface area contributed by atoms with Crippen molar-refractivity contribution >= 4 is 17.5 Å². The van der Waals surface area contributed by atoms with Crippen molar-refractivity contribution in [1.29, 1.82) is 0 Å². The number of carbonyl (C=O) groups excluding carboxylic acids is 2. The van der Waals surface area contributed by atoms with Crippen LogP contribution in [-0.2, 0) is 16.0 Å². The van der Waals surface area contributed by atoms with E-state index in [4.69, 9.17) is 4.74 Å². The molecule has 0 bridgehead atoms. The van der Waals surface area contributed by atoms with Gasteiger partial charge in [0, 0.05) is 24.4 Å². The van der Waals surface area contributed by atoms with E-state index in [0.29, 0.717) is 23.7 Å². The van der Waals surface area contributed by atoms with Crippen LogP contribution < -0.4 is 10.6 Å². The third kappa shape index (κ3) is 6.17. The first-order valence-corrected chi connectivity index (χ1v) is 10.8. The van der Waals surface area contributed by atoms with Crippen LogP contribution in [0.25, 0.3) is 0 Å². The minimum atomic E-state index is -0.282. The molecule has 160 valence electrons. The maximum Gasteiger partial charge on any atom is 0.251 e. The van der Waals surface area contributed by atoms with Crippen LogP contribution >= 0.6 is 0 Å². The SMILES string of the molecule is CC(C)Cc1ccc(C(C)C(=O)Nc2cccc(C(=O)NCC3CCCO3)c2)cc1. The van der Waals surface area contributed by atoms with Gasteiger partial charge in [0.1, 0.15) is 0 Å². The standard InChI is InChI=1S/C25H32N2O3/c1-17(2)14-19-9-11-20(12-10-19)18(3)24(28)27-22-7-4-6-21(15-22)25(29)26-16-23-8-5-13-30-23/h4,6-7,9-12,15,17-18,23H,5,8,13-14,16H2,1-3H3,(H,26,29)(H,27,28). The molecule has 2 aromatic carbocycles. The molecule has 2 atom stereocenters. The molecule has 2 amide bonds. The van der Waals surface area contributed by atoms with Crippen LogP contribution in [0.15, 0.2) is 48.5 Å². The van der Waals surface area contributed by atoms with Crippen LogP contribution in [0.4, 0.5) is 5.69 Å². The van der Waals surface area contributed by atoms with Crippen molar-refractivity contribution in [2.75, 3.05) is 18.5 Å². The van der Waals surface area contributed by atoms with Gasteiger partial charge in [-0.05, 0) is 61.4 Å². The maximum absolute atomic E-state index is 12.7. The molecule has 1 aliphatic rings. The lowest BCUT2D eigenvalue weighted by Crippen LogP contribution is -2.31. The number of hydrogen-bond donors (Lipinski definition) is 2. The molecule has 0 aliphatic carbocycles. The summed E-state index contributed by atoms with van der Waals surface area (Å²) in [5.41, 5.74) is 3.40. The van der Waals surface area contributed by atoms with Gasteiger partial charge in [-0.3, -0.25) is 9.59 Å². The van der Waals surface area contributed by atoms with Gasteiger partial charge in [-0.25, -0.2) is 0 Å². The summed E-state index contributed by atoms with van der Waals surface area (Å²) >= 11 is 0. The first-order chi connectivity index (χ1) is 14.4. The highest BCUT2D eigenvalue weighted by atomic mass is 16.5. The zero-order valence-electron chi connectivity index (χ0n) is 18.1. The molecule has 0 radical (unpaired) electrons. The molecule has 5 nitrogen and oxygen atoms in total. The Balaban J connectivity index is 1.57. The summed E-state index contributed by atoms with van der Waals surface area (Å²) in [6.07, 6.45) is 3.15. The van der Waals surface area contributed by atoms with Crippen LogP contribution in [0.2, 0.25) is 0 Å². The average molecular weight is 409 g/mol. The van der Waals surface area contributed by atoms with Gasteiger partial charge in [-0.15, -0.1) is 0 Å². The predicted octanol–water partition coefficient (Wildman–Crippen LogP) is 4.54. The number of rotatable bonds is 8. The number of carbonyl (C=O) groups is 2. The largest absolute Gasteiger partial charge is 0.376 e. The predicted molar refractivity (Wildman–Crippen MR) is 120 cm³/mol. The molecule has 0 spiro atoms. The van der Waals surface area contributed by atoms with Crippen LogP contribution in [0.3, 0.4) is 0 Å². The summed E-state index contributed by atoms with van der Waals surface area (Å²) in [4.78, 5) is 25.2. The van der Waals surface area contributed by atoms with E-state index in [1.165, 1.54) is 5.56 Å². The molecule has 2 N–H and O–H groups in total. The molecule has 1 heterocycles. The zero-order valence-corrected chi connectivity index (χ0v) is 18.1. The van der Waals surface area contributed by atoms with Crippen LogP contribution in [-0.4, -0.2) is 31.1 Å². The molecule has 1 aliphatic heterocycles. The molecule has 0 aromatic heterocycles. The number of nitrogens with one attached hydrogen (secondary N) is 2. The molecule has 1 saturated heterocycles. The lowest BCUT2D eigenvalue weighted by atomic mass is 9.96. The summed E-state index contributed by atoms with van der Waals surface area (Å²) < 4.78 is 5.54. The van der Waals surface area contributed by atoms with Crippen molar-refractivity contribution in [2.45, 2.75) is 52.1 Å². The maximum atomic E-state index is 12.7. The molecular weight excluding hydrogens is 376 g/mol. The van der Waals surface area contributed by atoms with Gasteiger partial charge in [-0.2, -0.15) is 0 Å². The van der Waals surface area contributed by atoms with Crippen molar-refractivity contribution in [3.63, 3.8) is 0 Å². The van der Waals surface area contributed by atoms with E-state index in [-0.39, 0.29) is 23.8 Å². The van der Waals surface area contributed by atoms with Crippen molar-refractivity contribution in [3.05, 3.63) is 65.2 Å². The third-order valence-electron chi connectivity index (χ3n) is 5.42. The Hall–Kier alpha value is -2.66. The first kappa shape index (κ1) is 22.0. The Bertz CT molecular complexity index is 855. The second-order valence-corrected chi connectivity index (χ2v) is 8.48. The molecule has 5 heteroatoms. The summed E-state index contributed by atoms with van der Waals surface area (Å²) in [5, 5.41) is 5.85. The van der Waals surface area contributed by atoms with E-state index >= 15 is 0 Å². The normalized spacial score (nSPS) is 17.0. The zero-order chi connectivity index (χ0) is 21.5. The molecule has 2 aromatic rings. The summed E-state index contributed by atoms with van der Waals surface area (Å²) in [7, 11) is 0. The average Bonchev–Trinajstić information content (AvgIpc) is 3.25. The molecule has 1 fully saturated rings. The van der Waals surface area contributed by atoms with Gasteiger partial charge in [0.25, 0.3) is 5.91 Å². The van der Waals surface area contributed by atoms with Crippen molar-refractivity contribution in [1.82, 2.24) is 5.32 Å². The number of ether oxygens (including phenoxy) is 1. The highest BCUT2D eigenvalue weighted by Gasteiger charge is 2.18. The minimum Gasteiger partial charge on any atom is -0.376 e. The van der Waals surface area contributed by atoms with Gasteiger partial charge in [0.05, 0.1) is 12.0 Å². The molecule has 2 unspecified atom stereocenters. The Morgan fingerprint density at radius 3 is 2.53 bits per heavy atom. The van der Waals surface area contributed by atoms with E-state index in [1.807, 2.05) is 19.1 Å². The van der Waals surface area contributed by atoms with Crippen LogP contribution in [0.5, 0.6) is 0 Å². The Kier molecular flexibility index (Phi) is 7.63. The van der Waals surface area contributed by atoms with Crippen molar-refractivity contribution in [2.24, 2.45) is 5.92 Å². The smallest absolute Gasteiger partial charge is 0.251 e. The summed E-state index contributed by atoms with van der Waals surface area (Å²) in [6, 6.07) is 15.3. The number of amides is 2. The second-order valence-electron chi connectivity index (χ2n) is 8.48. The van der Waals surface area contributed by atoms with Crippen molar-refractivity contribution in [3.8, 4) is 0 Å². The fourth-order valence-corrected chi connectivity index (χ4v) is 3.67. The fourth-order valence-electron chi connectivity index (χ4n) is 3.67. The van der Waals surface area contributed by atoms with Gasteiger partial charge in [-0.1, -0.05) is 44.2 Å². The fraction of sp³-hybridized carbons (Fsp3) is 0.440. The number of benzene rings is 2. The van der Waals surface area contributed by atoms with Gasteiger partial charge < -0.3 is 15.4 Å². The second kappa shape index (κ2) is 10.4. The number of anilines is 1. The van der Waals surface area contributed by atoms with E-state index in [0.717, 1.165) is 31.4 Å². The first-order valence-electron chi connectivity index (χ1n) is 10.8. The monoisotopic (exact) mass is 408 g/mol. The molecule has 30 heavy (non-hydrogen) atoms. The van der Waals surface area contributed by atoms with E-state index < -0.39 is 0 Å². The lowest BCUT2D eigenvalue weighted by Gasteiger charge is -2.15. The highest BCUT2D eigenvalue weighted by Crippen LogP contribution is 2.20. The molecular formula is C25H32N2O3. The third-order valence-corrected chi connectivity index (χ3v) is 5.42. The van der Waals surface area contributed by atoms with Gasteiger partial charge >= 0.3 is 0 Å². The Morgan fingerprint density at radius 2 is 1.87 bits per heavy atom. The number of hydrogen-bond acceptors (Lipinski definition) is 3. The Labute approximate surface area is 179 Å². The Morgan fingerprint density at radius 1 is 1.10 bits per heavy atom. The quantitative estimate of drug-likeness (QED) is 0.674. The lowest BCUT2D eigenvalue weighted by molar-refractivity contribution is -0.117. The topological polar surface area (TPSA) is 67.4 Å². The molecule has 3 rings (SSSR count). The molecule has 0 saturated carbocycles. The van der Waals surface area contributed by atoms with Crippen LogP contribution in [0.1, 0.15) is 61.0 Å². The van der Waals surface area contributed by atoms with E-state index in [2.05, 4.69) is 36.6 Å². The van der Waals surface area contributed by atoms with Crippen LogP contribution in [0, 0.1) is 5.92 Å². The van der Waals surface area contributed by atoms with Crippen molar-refractivity contribution < 1.29 is 14.3 Å². The van der Waals surface area contributed by atoms with E-state index in [1.54, 1.807) is 24.3 Å².